The molecule has 0 aliphatic carbocycles. The molecule has 3 nitrogen and oxygen atoms in total. The second-order valence-corrected chi connectivity index (χ2v) is 4.81. The molecule has 1 aromatic rings. The fourth-order valence-electron chi connectivity index (χ4n) is 2.32. The molecule has 2 unspecified atom stereocenters. The topological polar surface area (TPSA) is 41.1 Å². The Bertz CT molecular complexity index is 369. The first-order chi connectivity index (χ1) is 8.24. The second-order valence-electron chi connectivity index (χ2n) is 4.81. The number of amides is 1. The van der Waals surface area contributed by atoms with Gasteiger partial charge in [-0.25, -0.2) is 0 Å². The van der Waals surface area contributed by atoms with Gasteiger partial charge in [-0.15, -0.1) is 12.4 Å². The first kappa shape index (κ1) is 15.0. The maximum absolute atomic E-state index is 11.9. The van der Waals surface area contributed by atoms with Gasteiger partial charge in [0.25, 0.3) is 0 Å². The number of nitrogens with one attached hydrogen (secondary N) is 2. The van der Waals surface area contributed by atoms with Gasteiger partial charge in [0.15, 0.2) is 0 Å². The molecule has 0 aromatic heterocycles. The molecule has 1 saturated heterocycles. The number of halogens is 1. The highest BCUT2D eigenvalue weighted by molar-refractivity contribution is 5.85. The van der Waals surface area contributed by atoms with Crippen molar-refractivity contribution in [3.05, 3.63) is 35.9 Å². The Labute approximate surface area is 115 Å². The third-order valence-corrected chi connectivity index (χ3v) is 3.20. The van der Waals surface area contributed by atoms with Crippen LogP contribution in [0.4, 0.5) is 0 Å². The lowest BCUT2D eigenvalue weighted by Crippen LogP contribution is -2.46. The smallest absolute Gasteiger partial charge is 0.224 e. The summed E-state index contributed by atoms with van der Waals surface area (Å²) in [6, 6.07) is 10.7. The molecule has 1 heterocycles. The van der Waals surface area contributed by atoms with E-state index in [9.17, 15) is 4.79 Å². The molecule has 100 valence electrons. The average molecular weight is 269 g/mol. The summed E-state index contributed by atoms with van der Waals surface area (Å²) in [4.78, 5) is 11.9. The van der Waals surface area contributed by atoms with Crippen LogP contribution in [0.2, 0.25) is 0 Å². The Morgan fingerprint density at radius 3 is 2.78 bits per heavy atom. The molecule has 2 atom stereocenters. The zero-order chi connectivity index (χ0) is 12.1. The summed E-state index contributed by atoms with van der Waals surface area (Å²) in [7, 11) is 0. The quantitative estimate of drug-likeness (QED) is 0.879. The minimum absolute atomic E-state index is 0. The van der Waals surface area contributed by atoms with Crippen LogP contribution in [0.25, 0.3) is 0 Å². The lowest BCUT2D eigenvalue weighted by Gasteiger charge is -2.28. The summed E-state index contributed by atoms with van der Waals surface area (Å²) in [6.45, 7) is 3.16. The lowest BCUT2D eigenvalue weighted by atomic mass is 10.0. The predicted molar refractivity (Wildman–Crippen MR) is 76.0 cm³/mol. The molecule has 4 heteroatoms. The molecular weight excluding hydrogens is 248 g/mol. The van der Waals surface area contributed by atoms with E-state index in [2.05, 4.69) is 17.6 Å². The molecule has 0 spiro atoms. The normalized spacial score (nSPS) is 22.9. The van der Waals surface area contributed by atoms with Gasteiger partial charge in [-0.1, -0.05) is 30.3 Å². The molecular formula is C14H21ClN2O. The van der Waals surface area contributed by atoms with Crippen molar-refractivity contribution in [1.29, 1.82) is 0 Å². The van der Waals surface area contributed by atoms with Crippen LogP contribution in [0.3, 0.4) is 0 Å². The van der Waals surface area contributed by atoms with E-state index in [0.717, 1.165) is 24.9 Å². The molecule has 1 amide bonds. The number of benzene rings is 1. The molecule has 18 heavy (non-hydrogen) atoms. The van der Waals surface area contributed by atoms with Crippen LogP contribution >= 0.6 is 12.4 Å². The third-order valence-electron chi connectivity index (χ3n) is 3.20. The predicted octanol–water partition coefficient (Wildman–Crippen LogP) is 1.91. The van der Waals surface area contributed by atoms with Crippen LogP contribution in [-0.4, -0.2) is 24.5 Å². The number of carbonyl (C=O) groups is 1. The summed E-state index contributed by atoms with van der Waals surface area (Å²) in [6.07, 6.45) is 2.55. The van der Waals surface area contributed by atoms with E-state index < -0.39 is 0 Å². The number of rotatable bonds is 3. The van der Waals surface area contributed by atoms with E-state index in [1.165, 1.54) is 0 Å². The van der Waals surface area contributed by atoms with Crippen molar-refractivity contribution in [2.45, 2.75) is 38.3 Å². The Morgan fingerprint density at radius 2 is 2.11 bits per heavy atom. The van der Waals surface area contributed by atoms with Crippen LogP contribution in [0.1, 0.15) is 25.3 Å². The van der Waals surface area contributed by atoms with E-state index >= 15 is 0 Å². The summed E-state index contributed by atoms with van der Waals surface area (Å²) >= 11 is 0. The maximum Gasteiger partial charge on any atom is 0.224 e. The van der Waals surface area contributed by atoms with Crippen LogP contribution in [0.15, 0.2) is 30.3 Å². The van der Waals surface area contributed by atoms with Crippen molar-refractivity contribution in [3.63, 3.8) is 0 Å². The fraction of sp³-hybridized carbons (Fsp3) is 0.500. The van der Waals surface area contributed by atoms with Gasteiger partial charge in [-0.05, 0) is 31.9 Å². The van der Waals surface area contributed by atoms with Gasteiger partial charge in [-0.2, -0.15) is 0 Å². The minimum atomic E-state index is 0. The van der Waals surface area contributed by atoms with Gasteiger partial charge in [-0.3, -0.25) is 4.79 Å². The van der Waals surface area contributed by atoms with E-state index in [1.54, 1.807) is 0 Å². The number of hydrogen-bond donors (Lipinski definition) is 2. The van der Waals surface area contributed by atoms with Crippen molar-refractivity contribution >= 4 is 18.3 Å². The molecule has 0 saturated carbocycles. The number of carbonyl (C=O) groups excluding carboxylic acids is 1. The molecule has 0 bridgehead atoms. The Morgan fingerprint density at radius 1 is 1.39 bits per heavy atom. The molecule has 1 aromatic carbocycles. The fourth-order valence-corrected chi connectivity index (χ4v) is 2.32. The first-order valence-corrected chi connectivity index (χ1v) is 6.30. The van der Waals surface area contributed by atoms with Crippen molar-refractivity contribution in [3.8, 4) is 0 Å². The molecule has 1 aliphatic rings. The van der Waals surface area contributed by atoms with Crippen molar-refractivity contribution < 1.29 is 4.79 Å². The Hall–Kier alpha value is -1.06. The van der Waals surface area contributed by atoms with Gasteiger partial charge in [0.05, 0.1) is 6.42 Å². The van der Waals surface area contributed by atoms with Crippen LogP contribution in [0.5, 0.6) is 0 Å². The number of hydrogen-bond acceptors (Lipinski definition) is 2. The summed E-state index contributed by atoms with van der Waals surface area (Å²) in [5, 5.41) is 6.50. The standard InChI is InChI=1S/C14H20N2O.ClH/c1-11-9-13(7-8-15-11)16-14(17)10-12-5-3-2-4-6-12;/h2-6,11,13,15H,7-10H2,1H3,(H,16,17);1H. The minimum Gasteiger partial charge on any atom is -0.353 e. The van der Waals surface area contributed by atoms with Crippen LogP contribution < -0.4 is 10.6 Å². The average Bonchev–Trinajstić information content (AvgIpc) is 2.30. The molecule has 0 radical (unpaired) electrons. The molecule has 2 rings (SSSR count). The highest BCUT2D eigenvalue weighted by Gasteiger charge is 2.19. The van der Waals surface area contributed by atoms with E-state index in [1.807, 2.05) is 30.3 Å². The van der Waals surface area contributed by atoms with E-state index in [-0.39, 0.29) is 18.3 Å². The van der Waals surface area contributed by atoms with Gasteiger partial charge in [0, 0.05) is 12.1 Å². The highest BCUT2D eigenvalue weighted by Crippen LogP contribution is 2.08. The van der Waals surface area contributed by atoms with Gasteiger partial charge in [0.2, 0.25) is 5.91 Å². The van der Waals surface area contributed by atoms with Crippen LogP contribution in [0, 0.1) is 0 Å². The highest BCUT2D eigenvalue weighted by atomic mass is 35.5. The van der Waals surface area contributed by atoms with E-state index in [4.69, 9.17) is 0 Å². The monoisotopic (exact) mass is 268 g/mol. The Balaban J connectivity index is 0.00000162. The van der Waals surface area contributed by atoms with Crippen molar-refractivity contribution in [2.24, 2.45) is 0 Å². The summed E-state index contributed by atoms with van der Waals surface area (Å²) in [5.74, 6) is 0.135. The molecule has 1 aliphatic heterocycles. The van der Waals surface area contributed by atoms with Gasteiger partial charge in [0.1, 0.15) is 0 Å². The Kier molecular flexibility index (Phi) is 6.16. The largest absolute Gasteiger partial charge is 0.353 e. The van der Waals surface area contributed by atoms with Crippen molar-refractivity contribution in [2.75, 3.05) is 6.54 Å². The zero-order valence-corrected chi connectivity index (χ0v) is 11.5. The molecule has 2 N–H and O–H groups in total. The lowest BCUT2D eigenvalue weighted by molar-refractivity contribution is -0.121. The third kappa shape index (κ3) is 4.67. The number of piperidine rings is 1. The van der Waals surface area contributed by atoms with E-state index in [0.29, 0.717) is 18.5 Å². The summed E-state index contributed by atoms with van der Waals surface area (Å²) in [5.41, 5.74) is 1.08. The molecule has 1 fully saturated rings. The summed E-state index contributed by atoms with van der Waals surface area (Å²) < 4.78 is 0. The SMILES string of the molecule is CC1CC(NC(=O)Cc2ccccc2)CCN1.Cl. The van der Waals surface area contributed by atoms with Crippen LogP contribution in [-0.2, 0) is 11.2 Å². The zero-order valence-electron chi connectivity index (χ0n) is 10.7. The second kappa shape index (κ2) is 7.39. The van der Waals surface area contributed by atoms with Gasteiger partial charge >= 0.3 is 0 Å². The van der Waals surface area contributed by atoms with Crippen molar-refractivity contribution in [1.82, 2.24) is 10.6 Å². The first-order valence-electron chi connectivity index (χ1n) is 6.30. The van der Waals surface area contributed by atoms with Gasteiger partial charge < -0.3 is 10.6 Å². The maximum atomic E-state index is 11.9.